The first-order chi connectivity index (χ1) is 8.00. The lowest BCUT2D eigenvalue weighted by Crippen LogP contribution is -2.14. The van der Waals surface area contributed by atoms with Crippen LogP contribution in [0.25, 0.3) is 11.4 Å². The van der Waals surface area contributed by atoms with E-state index in [0.717, 1.165) is 17.0 Å². The van der Waals surface area contributed by atoms with Gasteiger partial charge in [-0.25, -0.2) is 4.98 Å². The highest BCUT2D eigenvalue weighted by molar-refractivity contribution is 9.10. The standard InChI is InChI=1S/C12H13BrN2O2/c1-6(2)10-9(13)12(16)15-11(14-10)8-4-5-17-7(8)3/h4-6H,1-3H3,(H,14,15,16). The summed E-state index contributed by atoms with van der Waals surface area (Å²) >= 11 is 3.27. The van der Waals surface area contributed by atoms with Gasteiger partial charge in [0.1, 0.15) is 16.1 Å². The average molecular weight is 297 g/mol. The zero-order chi connectivity index (χ0) is 12.6. The van der Waals surface area contributed by atoms with Gasteiger partial charge in [0.25, 0.3) is 5.56 Å². The number of furan rings is 1. The van der Waals surface area contributed by atoms with E-state index >= 15 is 0 Å². The molecule has 2 aromatic rings. The molecule has 0 saturated heterocycles. The lowest BCUT2D eigenvalue weighted by atomic mass is 10.1. The van der Waals surface area contributed by atoms with E-state index in [9.17, 15) is 4.79 Å². The Labute approximate surface area is 107 Å². The van der Waals surface area contributed by atoms with Gasteiger partial charge in [0, 0.05) is 0 Å². The van der Waals surface area contributed by atoms with Crippen LogP contribution in [-0.2, 0) is 0 Å². The molecule has 0 atom stereocenters. The molecular weight excluding hydrogens is 284 g/mol. The first-order valence-electron chi connectivity index (χ1n) is 5.35. The summed E-state index contributed by atoms with van der Waals surface area (Å²) in [5.74, 6) is 1.47. The predicted molar refractivity (Wildman–Crippen MR) is 69.1 cm³/mol. The van der Waals surface area contributed by atoms with Gasteiger partial charge in [-0.05, 0) is 34.8 Å². The van der Waals surface area contributed by atoms with Crippen molar-refractivity contribution in [1.82, 2.24) is 9.97 Å². The Morgan fingerprint density at radius 1 is 1.47 bits per heavy atom. The van der Waals surface area contributed by atoms with Crippen molar-refractivity contribution in [2.75, 3.05) is 0 Å². The Kier molecular flexibility index (Phi) is 3.19. The Bertz CT molecular complexity index is 599. The normalized spacial score (nSPS) is 11.1. The molecule has 4 nitrogen and oxygen atoms in total. The van der Waals surface area contributed by atoms with Crippen LogP contribution in [0.2, 0.25) is 0 Å². The summed E-state index contributed by atoms with van der Waals surface area (Å²) in [5.41, 5.74) is 1.40. The second-order valence-corrected chi connectivity index (χ2v) is 4.95. The van der Waals surface area contributed by atoms with Crippen LogP contribution in [0.3, 0.4) is 0 Å². The maximum Gasteiger partial charge on any atom is 0.265 e. The topological polar surface area (TPSA) is 58.9 Å². The summed E-state index contributed by atoms with van der Waals surface area (Å²) in [4.78, 5) is 19.0. The molecule has 0 aromatic carbocycles. The zero-order valence-corrected chi connectivity index (χ0v) is 11.5. The van der Waals surface area contributed by atoms with E-state index in [1.807, 2.05) is 20.8 Å². The second-order valence-electron chi connectivity index (χ2n) is 4.16. The number of aromatic amines is 1. The van der Waals surface area contributed by atoms with Gasteiger partial charge in [-0.3, -0.25) is 4.79 Å². The number of H-pyrrole nitrogens is 1. The largest absolute Gasteiger partial charge is 0.469 e. The molecule has 5 heteroatoms. The highest BCUT2D eigenvalue weighted by atomic mass is 79.9. The van der Waals surface area contributed by atoms with Crippen molar-refractivity contribution in [3.8, 4) is 11.4 Å². The SMILES string of the molecule is Cc1occc1-c1nc(C(C)C)c(Br)c(=O)[nH]1. The first kappa shape index (κ1) is 12.1. The van der Waals surface area contributed by atoms with Crippen LogP contribution < -0.4 is 5.56 Å². The maximum absolute atomic E-state index is 11.8. The molecule has 0 bridgehead atoms. The Morgan fingerprint density at radius 3 is 2.71 bits per heavy atom. The molecule has 0 aliphatic rings. The molecule has 0 unspecified atom stereocenters. The number of nitrogens with zero attached hydrogens (tertiary/aromatic N) is 1. The molecule has 0 aliphatic carbocycles. The van der Waals surface area contributed by atoms with Crippen LogP contribution in [0.1, 0.15) is 31.2 Å². The number of hydrogen-bond acceptors (Lipinski definition) is 3. The van der Waals surface area contributed by atoms with Crippen LogP contribution in [-0.4, -0.2) is 9.97 Å². The van der Waals surface area contributed by atoms with Gasteiger partial charge >= 0.3 is 0 Å². The zero-order valence-electron chi connectivity index (χ0n) is 9.87. The summed E-state index contributed by atoms with van der Waals surface area (Å²) in [6.45, 7) is 5.84. The summed E-state index contributed by atoms with van der Waals surface area (Å²) < 4.78 is 5.71. The van der Waals surface area contributed by atoms with Crippen molar-refractivity contribution < 1.29 is 4.42 Å². The molecule has 2 aromatic heterocycles. The van der Waals surface area contributed by atoms with Gasteiger partial charge in [-0.15, -0.1) is 0 Å². The molecule has 0 radical (unpaired) electrons. The highest BCUT2D eigenvalue weighted by Gasteiger charge is 2.15. The Balaban J connectivity index is 2.66. The summed E-state index contributed by atoms with van der Waals surface area (Å²) in [7, 11) is 0. The van der Waals surface area contributed by atoms with Crippen molar-refractivity contribution in [2.45, 2.75) is 26.7 Å². The summed E-state index contributed by atoms with van der Waals surface area (Å²) in [6.07, 6.45) is 1.59. The molecule has 1 N–H and O–H groups in total. The number of hydrogen-bond donors (Lipinski definition) is 1. The minimum Gasteiger partial charge on any atom is -0.469 e. The summed E-state index contributed by atoms with van der Waals surface area (Å²) in [6, 6.07) is 1.80. The van der Waals surface area contributed by atoms with Gasteiger partial charge in [-0.2, -0.15) is 0 Å². The fourth-order valence-electron chi connectivity index (χ4n) is 1.62. The maximum atomic E-state index is 11.8. The Hall–Kier alpha value is -1.36. The van der Waals surface area contributed by atoms with Crippen molar-refractivity contribution in [3.05, 3.63) is 38.6 Å². The van der Waals surface area contributed by atoms with E-state index in [2.05, 4.69) is 25.9 Å². The van der Waals surface area contributed by atoms with Crippen molar-refractivity contribution in [1.29, 1.82) is 0 Å². The molecule has 0 amide bonds. The van der Waals surface area contributed by atoms with Crippen molar-refractivity contribution >= 4 is 15.9 Å². The lowest BCUT2D eigenvalue weighted by molar-refractivity contribution is 0.535. The third-order valence-corrected chi connectivity index (χ3v) is 3.32. The van der Waals surface area contributed by atoms with Gasteiger partial charge in [0.05, 0.1) is 17.5 Å². The molecule has 0 spiro atoms. The van der Waals surface area contributed by atoms with Gasteiger partial charge in [0.2, 0.25) is 0 Å². The lowest BCUT2D eigenvalue weighted by Gasteiger charge is -2.08. The highest BCUT2D eigenvalue weighted by Crippen LogP contribution is 2.24. The van der Waals surface area contributed by atoms with Crippen LogP contribution in [0, 0.1) is 6.92 Å². The minimum atomic E-state index is -0.167. The monoisotopic (exact) mass is 296 g/mol. The number of aryl methyl sites for hydroxylation is 1. The Morgan fingerprint density at radius 2 is 2.18 bits per heavy atom. The van der Waals surface area contributed by atoms with E-state index in [4.69, 9.17) is 4.42 Å². The molecule has 2 rings (SSSR count). The van der Waals surface area contributed by atoms with E-state index in [0.29, 0.717) is 10.3 Å². The summed E-state index contributed by atoms with van der Waals surface area (Å²) in [5, 5.41) is 0. The predicted octanol–water partition coefficient (Wildman–Crippen LogP) is 3.22. The quantitative estimate of drug-likeness (QED) is 0.925. The van der Waals surface area contributed by atoms with Gasteiger partial charge in [0.15, 0.2) is 0 Å². The van der Waals surface area contributed by atoms with Crippen molar-refractivity contribution in [2.24, 2.45) is 0 Å². The van der Waals surface area contributed by atoms with Crippen LogP contribution >= 0.6 is 15.9 Å². The number of rotatable bonds is 2. The third kappa shape index (κ3) is 2.20. The fourth-order valence-corrected chi connectivity index (χ4v) is 2.26. The fraction of sp³-hybridized carbons (Fsp3) is 0.333. The number of nitrogens with one attached hydrogen (secondary N) is 1. The van der Waals surface area contributed by atoms with E-state index in [1.54, 1.807) is 12.3 Å². The van der Waals surface area contributed by atoms with Gasteiger partial charge in [-0.1, -0.05) is 13.8 Å². The molecular formula is C12H13BrN2O2. The average Bonchev–Trinajstić information content (AvgIpc) is 2.68. The third-order valence-electron chi connectivity index (χ3n) is 2.55. The number of halogens is 1. The van der Waals surface area contributed by atoms with Crippen LogP contribution in [0.4, 0.5) is 0 Å². The van der Waals surface area contributed by atoms with Crippen LogP contribution in [0.15, 0.2) is 26.0 Å². The van der Waals surface area contributed by atoms with E-state index in [1.165, 1.54) is 0 Å². The molecule has 90 valence electrons. The number of aromatic nitrogens is 2. The van der Waals surface area contributed by atoms with Crippen molar-refractivity contribution in [3.63, 3.8) is 0 Å². The van der Waals surface area contributed by atoms with Gasteiger partial charge < -0.3 is 9.40 Å². The smallest absolute Gasteiger partial charge is 0.265 e. The molecule has 2 heterocycles. The first-order valence-corrected chi connectivity index (χ1v) is 6.14. The molecule has 0 saturated carbocycles. The molecule has 0 fully saturated rings. The molecule has 0 aliphatic heterocycles. The van der Waals surface area contributed by atoms with Crippen LogP contribution in [0.5, 0.6) is 0 Å². The molecule has 17 heavy (non-hydrogen) atoms. The second kappa shape index (κ2) is 4.49. The minimum absolute atomic E-state index is 0.167. The van der Waals surface area contributed by atoms with E-state index in [-0.39, 0.29) is 11.5 Å². The van der Waals surface area contributed by atoms with E-state index < -0.39 is 0 Å².